The summed E-state index contributed by atoms with van der Waals surface area (Å²) in [5.41, 5.74) is 2.36. The molecule has 1 heterocycles. The number of hydrogen-bond donors (Lipinski definition) is 2. The minimum Gasteiger partial charge on any atom is -0.493 e. The van der Waals surface area contributed by atoms with Crippen molar-refractivity contribution >= 4 is 69.5 Å². The number of nitro groups is 1. The van der Waals surface area contributed by atoms with E-state index < -0.39 is 22.8 Å². The number of aryl methyl sites for hydroxylation is 2. The highest BCUT2D eigenvalue weighted by atomic mass is 127. The van der Waals surface area contributed by atoms with Crippen LogP contribution < -0.4 is 25.0 Å². The van der Waals surface area contributed by atoms with Crippen LogP contribution in [0.3, 0.4) is 0 Å². The van der Waals surface area contributed by atoms with Crippen LogP contribution in [0.2, 0.25) is 0 Å². The summed E-state index contributed by atoms with van der Waals surface area (Å²) in [5, 5.41) is 16.0. The van der Waals surface area contributed by atoms with Gasteiger partial charge in [-0.05, 0) is 89.5 Å². The highest BCUT2D eigenvalue weighted by Gasteiger charge is 2.37. The molecule has 0 saturated carbocycles. The molecule has 3 aromatic carbocycles. The molecule has 210 valence electrons. The van der Waals surface area contributed by atoms with Crippen LogP contribution in [0.15, 0.2) is 60.2 Å². The highest BCUT2D eigenvalue weighted by Crippen LogP contribution is 2.35. The van der Waals surface area contributed by atoms with E-state index in [2.05, 4.69) is 10.6 Å². The zero-order valence-corrected chi connectivity index (χ0v) is 24.2. The number of anilines is 2. The monoisotopic (exact) mass is 670 g/mol. The average molecular weight is 670 g/mol. The number of amides is 5. The van der Waals surface area contributed by atoms with Crippen LogP contribution in [-0.2, 0) is 14.4 Å². The van der Waals surface area contributed by atoms with Crippen molar-refractivity contribution in [2.75, 3.05) is 23.9 Å². The predicted octanol–water partition coefficient (Wildman–Crippen LogP) is 4.51. The van der Waals surface area contributed by atoms with E-state index >= 15 is 0 Å². The number of methoxy groups -OCH3 is 1. The van der Waals surface area contributed by atoms with Gasteiger partial charge < -0.3 is 14.8 Å². The summed E-state index contributed by atoms with van der Waals surface area (Å²) in [6.07, 6.45) is 1.26. The molecule has 0 spiro atoms. The van der Waals surface area contributed by atoms with Gasteiger partial charge in [0.1, 0.15) is 5.57 Å². The standard InChI is InChI=1S/C28H23IN4O8/c1-15-7-8-18(9-16(15)2)30-24(34)14-41-25-22(29)11-17(12-23(25)40-3)10-21-26(35)31-28(37)32(27(21)36)19-5-4-6-20(13-19)33(38)39/h4-13H,14H2,1-3H3,(H,30,34)(H,31,35,37)/b21-10-. The van der Waals surface area contributed by atoms with Crippen LogP contribution in [-0.4, -0.2) is 42.4 Å². The largest absolute Gasteiger partial charge is 0.493 e. The van der Waals surface area contributed by atoms with Gasteiger partial charge >= 0.3 is 6.03 Å². The molecule has 0 radical (unpaired) electrons. The van der Waals surface area contributed by atoms with Crippen LogP contribution in [0, 0.1) is 27.5 Å². The topological polar surface area (TPSA) is 157 Å². The molecule has 5 amide bonds. The number of rotatable bonds is 8. The molecular formula is C28H23IN4O8. The summed E-state index contributed by atoms with van der Waals surface area (Å²) in [5.74, 6) is -1.76. The lowest BCUT2D eigenvalue weighted by Gasteiger charge is -2.26. The molecule has 0 atom stereocenters. The Morgan fingerprint density at radius 1 is 1.10 bits per heavy atom. The molecule has 0 aliphatic carbocycles. The molecule has 41 heavy (non-hydrogen) atoms. The van der Waals surface area contributed by atoms with Crippen molar-refractivity contribution in [3.05, 3.63) is 90.5 Å². The fourth-order valence-electron chi connectivity index (χ4n) is 3.92. The van der Waals surface area contributed by atoms with Gasteiger partial charge in [-0.1, -0.05) is 12.1 Å². The van der Waals surface area contributed by atoms with Crippen LogP contribution in [0.25, 0.3) is 6.08 Å². The third kappa shape index (κ3) is 6.51. The number of urea groups is 1. The Bertz CT molecular complexity index is 1640. The maximum absolute atomic E-state index is 13.2. The lowest BCUT2D eigenvalue weighted by molar-refractivity contribution is -0.384. The number of benzene rings is 3. The molecule has 13 heteroatoms. The zero-order chi connectivity index (χ0) is 29.8. The van der Waals surface area contributed by atoms with E-state index in [4.69, 9.17) is 9.47 Å². The van der Waals surface area contributed by atoms with Gasteiger partial charge in [0.05, 0.1) is 21.3 Å². The van der Waals surface area contributed by atoms with Crippen LogP contribution in [0.1, 0.15) is 16.7 Å². The van der Waals surface area contributed by atoms with Crippen molar-refractivity contribution in [2.24, 2.45) is 0 Å². The lowest BCUT2D eigenvalue weighted by Crippen LogP contribution is -2.54. The Labute approximate surface area is 247 Å². The first-order valence-corrected chi connectivity index (χ1v) is 13.1. The van der Waals surface area contributed by atoms with Gasteiger partial charge in [0.2, 0.25) is 0 Å². The van der Waals surface area contributed by atoms with Gasteiger partial charge in [-0.15, -0.1) is 0 Å². The number of carbonyl (C=O) groups is 4. The number of imide groups is 2. The van der Waals surface area contributed by atoms with Crippen molar-refractivity contribution in [1.29, 1.82) is 0 Å². The molecule has 1 aliphatic rings. The summed E-state index contributed by atoms with van der Waals surface area (Å²) in [4.78, 5) is 61.9. The van der Waals surface area contributed by atoms with Gasteiger partial charge in [0, 0.05) is 17.8 Å². The first-order chi connectivity index (χ1) is 19.5. The van der Waals surface area contributed by atoms with E-state index in [0.717, 1.165) is 17.2 Å². The van der Waals surface area contributed by atoms with Gasteiger partial charge in [0.15, 0.2) is 18.1 Å². The van der Waals surface area contributed by atoms with Gasteiger partial charge in [-0.3, -0.25) is 29.8 Å². The number of non-ortho nitro benzene ring substituents is 1. The van der Waals surface area contributed by atoms with Crippen molar-refractivity contribution < 1.29 is 33.6 Å². The normalized spacial score (nSPS) is 14.1. The number of barbiturate groups is 1. The Morgan fingerprint density at radius 3 is 2.54 bits per heavy atom. The molecule has 1 saturated heterocycles. The van der Waals surface area contributed by atoms with Crippen molar-refractivity contribution in [3.8, 4) is 11.5 Å². The van der Waals surface area contributed by atoms with Crippen LogP contribution >= 0.6 is 22.6 Å². The van der Waals surface area contributed by atoms with Crippen LogP contribution in [0.5, 0.6) is 11.5 Å². The first kappa shape index (κ1) is 29.2. The fraction of sp³-hybridized carbons (Fsp3) is 0.143. The zero-order valence-electron chi connectivity index (χ0n) is 22.0. The summed E-state index contributed by atoms with van der Waals surface area (Å²) < 4.78 is 11.7. The van der Waals surface area contributed by atoms with Gasteiger partial charge in [-0.25, -0.2) is 9.69 Å². The molecular weight excluding hydrogens is 647 g/mol. The van der Waals surface area contributed by atoms with Crippen molar-refractivity contribution in [2.45, 2.75) is 13.8 Å². The summed E-state index contributed by atoms with van der Waals surface area (Å²) in [7, 11) is 1.39. The molecule has 12 nitrogen and oxygen atoms in total. The second-order valence-corrected chi connectivity index (χ2v) is 10.1. The molecule has 4 rings (SSSR count). The third-order valence-electron chi connectivity index (χ3n) is 6.10. The SMILES string of the molecule is COc1cc(/C=C2/C(=O)NC(=O)N(c3cccc([N+](=O)[O-])c3)C2=O)cc(I)c1OCC(=O)Nc1ccc(C)c(C)c1. The Kier molecular flexibility index (Phi) is 8.66. The summed E-state index contributed by atoms with van der Waals surface area (Å²) in [6, 6.07) is 12.5. The second kappa shape index (κ2) is 12.2. The average Bonchev–Trinajstić information content (AvgIpc) is 2.92. The smallest absolute Gasteiger partial charge is 0.335 e. The number of carbonyl (C=O) groups excluding carboxylic acids is 4. The molecule has 1 fully saturated rings. The summed E-state index contributed by atoms with van der Waals surface area (Å²) >= 11 is 1.96. The maximum Gasteiger partial charge on any atom is 0.335 e. The van der Waals surface area contributed by atoms with E-state index in [1.165, 1.54) is 37.5 Å². The Balaban J connectivity index is 1.56. The Morgan fingerprint density at radius 2 is 1.85 bits per heavy atom. The van der Waals surface area contributed by atoms with E-state index in [9.17, 15) is 29.3 Å². The van der Waals surface area contributed by atoms with Gasteiger partial charge in [-0.2, -0.15) is 0 Å². The maximum atomic E-state index is 13.2. The lowest BCUT2D eigenvalue weighted by atomic mass is 10.1. The number of ether oxygens (including phenoxy) is 2. The molecule has 2 N–H and O–H groups in total. The molecule has 0 bridgehead atoms. The third-order valence-corrected chi connectivity index (χ3v) is 6.90. The summed E-state index contributed by atoms with van der Waals surface area (Å²) in [6.45, 7) is 3.61. The van der Waals surface area contributed by atoms with Crippen LogP contribution in [0.4, 0.5) is 21.9 Å². The van der Waals surface area contributed by atoms with E-state index in [-0.39, 0.29) is 41.0 Å². The number of nitrogens with one attached hydrogen (secondary N) is 2. The number of nitrogens with zero attached hydrogens (tertiary/aromatic N) is 2. The molecule has 0 unspecified atom stereocenters. The first-order valence-electron chi connectivity index (χ1n) is 12.0. The van der Waals surface area contributed by atoms with E-state index in [1.54, 1.807) is 12.1 Å². The molecule has 0 aromatic heterocycles. The minimum absolute atomic E-state index is 0.0740. The van der Waals surface area contributed by atoms with Crippen molar-refractivity contribution in [3.63, 3.8) is 0 Å². The Hall–Kier alpha value is -4.79. The quantitative estimate of drug-likeness (QED) is 0.117. The minimum atomic E-state index is -1.03. The number of nitro benzene ring substituents is 1. The van der Waals surface area contributed by atoms with E-state index in [1.807, 2.05) is 48.6 Å². The highest BCUT2D eigenvalue weighted by molar-refractivity contribution is 14.1. The molecule has 1 aliphatic heterocycles. The van der Waals surface area contributed by atoms with E-state index in [0.29, 0.717) is 19.7 Å². The predicted molar refractivity (Wildman–Crippen MR) is 158 cm³/mol. The second-order valence-electron chi connectivity index (χ2n) is 8.90. The van der Waals surface area contributed by atoms with Gasteiger partial charge in [0.25, 0.3) is 23.4 Å². The number of hydrogen-bond acceptors (Lipinski definition) is 8. The van der Waals surface area contributed by atoms with Crippen molar-refractivity contribution in [1.82, 2.24) is 5.32 Å². The fourth-order valence-corrected chi connectivity index (χ4v) is 4.70. The molecule has 3 aromatic rings. The number of halogens is 1.